The molecule has 0 fully saturated rings. The minimum absolute atomic E-state index is 0.101. The maximum Gasteiger partial charge on any atom is 0.278 e. The maximum absolute atomic E-state index is 9.38. The summed E-state index contributed by atoms with van der Waals surface area (Å²) >= 11 is 0. The Bertz CT molecular complexity index is 1320. The molecule has 0 saturated carbocycles. The molecule has 4 aromatic rings. The zero-order valence-electron chi connectivity index (χ0n) is 16.2. The lowest BCUT2D eigenvalue weighted by Gasteiger charge is -2.12. The third-order valence-corrected chi connectivity index (χ3v) is 4.22. The smallest absolute Gasteiger partial charge is 0.278 e. The first-order valence-corrected chi connectivity index (χ1v) is 8.33. The van der Waals surface area contributed by atoms with E-state index in [-0.39, 0.29) is 68.0 Å². The molecular formula is C18H12N8O4. The van der Waals surface area contributed by atoms with Gasteiger partial charge in [0.25, 0.3) is 23.5 Å². The van der Waals surface area contributed by atoms with Gasteiger partial charge in [-0.05, 0) is 0 Å². The predicted molar refractivity (Wildman–Crippen MR) is 101 cm³/mol. The van der Waals surface area contributed by atoms with Crippen LogP contribution in [0.3, 0.4) is 0 Å². The van der Waals surface area contributed by atoms with E-state index in [0.717, 1.165) is 0 Å². The minimum atomic E-state index is -0.157. The number of hydrogen-bond donors (Lipinski definition) is 0. The number of methoxy groups -OCH3 is 4. The van der Waals surface area contributed by atoms with E-state index in [0.29, 0.717) is 0 Å². The van der Waals surface area contributed by atoms with Crippen molar-refractivity contribution >= 4 is 33.1 Å². The first kappa shape index (κ1) is 18.8. The SMILES string of the molecule is COc1nc2c3nc(C#N)c(C#N)nc3c3nc(OC)c(OC)nc3c2nc1OC. The number of fused-ring (bicyclic) bond motifs is 6. The molecule has 0 atom stereocenters. The van der Waals surface area contributed by atoms with Crippen molar-refractivity contribution in [1.82, 2.24) is 29.9 Å². The Balaban J connectivity index is 2.34. The Hall–Kier alpha value is -4.58. The highest BCUT2D eigenvalue weighted by Crippen LogP contribution is 2.36. The van der Waals surface area contributed by atoms with Gasteiger partial charge in [-0.15, -0.1) is 0 Å². The standard InChI is InChI=1S/C18H12N8O4/c1-27-15-17(29-3)25-13-11(23-15)9-10(22-8(6-20)7(5-19)21-9)12-14(13)26-18(30-4)16(24-12)28-2/h1-4H3. The van der Waals surface area contributed by atoms with Crippen LogP contribution in [0.4, 0.5) is 0 Å². The Morgan fingerprint density at radius 3 is 0.900 bits per heavy atom. The zero-order chi connectivity index (χ0) is 21.4. The van der Waals surface area contributed by atoms with Gasteiger partial charge < -0.3 is 18.9 Å². The van der Waals surface area contributed by atoms with Gasteiger partial charge in [0.05, 0.1) is 28.4 Å². The van der Waals surface area contributed by atoms with E-state index in [1.54, 1.807) is 0 Å². The van der Waals surface area contributed by atoms with Crippen molar-refractivity contribution in [2.75, 3.05) is 28.4 Å². The minimum Gasteiger partial charge on any atom is -0.477 e. The molecule has 12 heteroatoms. The normalized spacial score (nSPS) is 10.6. The van der Waals surface area contributed by atoms with Gasteiger partial charge >= 0.3 is 0 Å². The van der Waals surface area contributed by atoms with Crippen LogP contribution in [0.1, 0.15) is 11.4 Å². The molecule has 0 aliphatic carbocycles. The van der Waals surface area contributed by atoms with Gasteiger partial charge in [0, 0.05) is 0 Å². The van der Waals surface area contributed by atoms with Gasteiger partial charge in [-0.25, -0.2) is 29.9 Å². The van der Waals surface area contributed by atoms with Crippen molar-refractivity contribution in [3.05, 3.63) is 11.4 Å². The Morgan fingerprint density at radius 2 is 0.700 bits per heavy atom. The summed E-state index contributed by atoms with van der Waals surface area (Å²) < 4.78 is 21.0. The first-order chi connectivity index (χ1) is 14.6. The Kier molecular flexibility index (Phi) is 4.44. The summed E-state index contributed by atoms with van der Waals surface area (Å²) in [4.78, 5) is 26.3. The lowest BCUT2D eigenvalue weighted by atomic mass is 10.1. The maximum atomic E-state index is 9.38. The van der Waals surface area contributed by atoms with Crippen LogP contribution in [-0.2, 0) is 0 Å². The number of benzene rings is 1. The molecule has 0 aliphatic heterocycles. The summed E-state index contributed by atoms with van der Waals surface area (Å²) in [5.74, 6) is 0.432. The van der Waals surface area contributed by atoms with Crippen LogP contribution in [0, 0.1) is 22.7 Å². The average molecular weight is 404 g/mol. The van der Waals surface area contributed by atoms with Crippen molar-refractivity contribution in [3.8, 4) is 35.7 Å². The molecule has 0 aliphatic rings. The van der Waals surface area contributed by atoms with Crippen LogP contribution in [0.5, 0.6) is 23.5 Å². The number of nitriles is 2. The van der Waals surface area contributed by atoms with E-state index >= 15 is 0 Å². The summed E-state index contributed by atoms with van der Waals surface area (Å²) in [6, 6.07) is 3.72. The van der Waals surface area contributed by atoms with E-state index in [9.17, 15) is 10.5 Å². The van der Waals surface area contributed by atoms with Crippen molar-refractivity contribution < 1.29 is 18.9 Å². The fourth-order valence-corrected chi connectivity index (χ4v) is 2.92. The summed E-state index contributed by atoms with van der Waals surface area (Å²) in [6.07, 6.45) is 0. The van der Waals surface area contributed by atoms with Gasteiger partial charge in [0.1, 0.15) is 45.2 Å². The van der Waals surface area contributed by atoms with E-state index in [1.807, 2.05) is 12.1 Å². The molecular weight excluding hydrogens is 392 g/mol. The number of nitrogens with zero attached hydrogens (tertiary/aromatic N) is 8. The molecule has 0 spiro atoms. The van der Waals surface area contributed by atoms with Crippen molar-refractivity contribution in [2.45, 2.75) is 0 Å². The van der Waals surface area contributed by atoms with Crippen LogP contribution in [0.25, 0.3) is 33.1 Å². The molecule has 0 saturated heterocycles. The average Bonchev–Trinajstić information content (AvgIpc) is 2.81. The second-order valence-electron chi connectivity index (χ2n) is 5.72. The summed E-state index contributed by atoms with van der Waals surface area (Å²) in [6.45, 7) is 0. The van der Waals surface area contributed by atoms with E-state index in [4.69, 9.17) is 18.9 Å². The molecule has 1 aromatic carbocycles. The second-order valence-corrected chi connectivity index (χ2v) is 5.72. The Morgan fingerprint density at radius 1 is 0.467 bits per heavy atom. The second kappa shape index (κ2) is 7.10. The summed E-state index contributed by atoms with van der Waals surface area (Å²) in [5, 5.41) is 18.8. The van der Waals surface area contributed by atoms with Crippen LogP contribution >= 0.6 is 0 Å². The lowest BCUT2D eigenvalue weighted by molar-refractivity contribution is 0.333. The third-order valence-electron chi connectivity index (χ3n) is 4.22. The molecule has 0 bridgehead atoms. The molecule has 0 unspecified atom stereocenters. The van der Waals surface area contributed by atoms with Gasteiger partial charge in [-0.3, -0.25) is 0 Å². The molecule has 3 aromatic heterocycles. The predicted octanol–water partition coefficient (Wildman–Crippen LogP) is 1.29. The fourth-order valence-electron chi connectivity index (χ4n) is 2.92. The van der Waals surface area contributed by atoms with Crippen molar-refractivity contribution in [1.29, 1.82) is 10.5 Å². The molecule has 0 N–H and O–H groups in total. The van der Waals surface area contributed by atoms with Crippen molar-refractivity contribution in [2.24, 2.45) is 0 Å². The van der Waals surface area contributed by atoms with Gasteiger partial charge in [-0.1, -0.05) is 0 Å². The highest BCUT2D eigenvalue weighted by atomic mass is 16.5. The molecule has 30 heavy (non-hydrogen) atoms. The molecule has 4 rings (SSSR count). The van der Waals surface area contributed by atoms with Crippen LogP contribution in [0.15, 0.2) is 0 Å². The molecule has 148 valence electrons. The summed E-state index contributed by atoms with van der Waals surface area (Å²) in [5.41, 5.74) is 1.10. The lowest BCUT2D eigenvalue weighted by Crippen LogP contribution is -2.05. The topological polar surface area (TPSA) is 162 Å². The van der Waals surface area contributed by atoms with Crippen LogP contribution in [-0.4, -0.2) is 58.3 Å². The number of aromatic nitrogens is 6. The highest BCUT2D eigenvalue weighted by molar-refractivity contribution is 6.18. The van der Waals surface area contributed by atoms with Crippen LogP contribution < -0.4 is 18.9 Å². The first-order valence-electron chi connectivity index (χ1n) is 8.33. The third kappa shape index (κ3) is 2.59. The molecule has 0 radical (unpaired) electrons. The number of hydrogen-bond acceptors (Lipinski definition) is 12. The van der Waals surface area contributed by atoms with E-state index in [1.165, 1.54) is 28.4 Å². The highest BCUT2D eigenvalue weighted by Gasteiger charge is 2.23. The largest absolute Gasteiger partial charge is 0.477 e. The number of ether oxygens (including phenoxy) is 4. The quantitative estimate of drug-likeness (QED) is 0.449. The van der Waals surface area contributed by atoms with Crippen LogP contribution in [0.2, 0.25) is 0 Å². The van der Waals surface area contributed by atoms with Gasteiger partial charge in [0.15, 0.2) is 11.4 Å². The Labute approximate surface area is 168 Å². The van der Waals surface area contributed by atoms with Gasteiger partial charge in [-0.2, -0.15) is 10.5 Å². The molecule has 3 heterocycles. The molecule has 0 amide bonds. The zero-order valence-corrected chi connectivity index (χ0v) is 16.2. The fraction of sp³-hybridized carbons (Fsp3) is 0.222. The monoisotopic (exact) mass is 404 g/mol. The molecule has 12 nitrogen and oxygen atoms in total. The van der Waals surface area contributed by atoms with E-state index in [2.05, 4.69) is 29.9 Å². The number of rotatable bonds is 4. The summed E-state index contributed by atoms with van der Waals surface area (Å²) in [7, 11) is 5.66. The van der Waals surface area contributed by atoms with Gasteiger partial charge in [0.2, 0.25) is 0 Å². The van der Waals surface area contributed by atoms with Crippen molar-refractivity contribution in [3.63, 3.8) is 0 Å². The van der Waals surface area contributed by atoms with E-state index < -0.39 is 0 Å².